The average molecular weight is 387 g/mol. The van der Waals surface area contributed by atoms with Gasteiger partial charge in [0.15, 0.2) is 0 Å². The van der Waals surface area contributed by atoms with Crippen molar-refractivity contribution < 1.29 is 0 Å². The van der Waals surface area contributed by atoms with E-state index in [4.69, 9.17) is 0 Å². The molecule has 4 rings (SSSR count). The third kappa shape index (κ3) is 3.39. The van der Waals surface area contributed by atoms with Crippen molar-refractivity contribution in [2.24, 2.45) is 17.8 Å². The maximum absolute atomic E-state index is 2.54. The van der Waals surface area contributed by atoms with Crippen molar-refractivity contribution in [2.45, 2.75) is 79.1 Å². The molecule has 3 aromatic carbocycles. The normalized spacial score (nSPS) is 21.1. The second kappa shape index (κ2) is 7.78. The number of rotatable bonds is 6. The molecule has 0 fully saturated rings. The van der Waals surface area contributed by atoms with Gasteiger partial charge in [0.05, 0.1) is 0 Å². The maximum Gasteiger partial charge on any atom is -0.00435 e. The summed E-state index contributed by atoms with van der Waals surface area (Å²) in [5.74, 6) is 2.40. The summed E-state index contributed by atoms with van der Waals surface area (Å²) in [5, 5.41) is 5.74. The third-order valence-corrected chi connectivity index (χ3v) is 8.42. The molecule has 0 heterocycles. The molecule has 2 unspecified atom stereocenters. The Hall–Kier alpha value is -1.82. The molecular formula is C29H38. The second-order valence-electron chi connectivity index (χ2n) is 10.2. The van der Waals surface area contributed by atoms with E-state index < -0.39 is 0 Å². The van der Waals surface area contributed by atoms with Crippen LogP contribution in [0.1, 0.15) is 77.0 Å². The maximum atomic E-state index is 2.54. The fraction of sp³-hybridized carbons (Fsp3) is 0.517. The van der Waals surface area contributed by atoms with E-state index in [2.05, 4.69) is 84.0 Å². The van der Waals surface area contributed by atoms with E-state index >= 15 is 0 Å². The van der Waals surface area contributed by atoms with Gasteiger partial charge >= 0.3 is 0 Å². The lowest BCUT2D eigenvalue weighted by Crippen LogP contribution is -2.28. The lowest BCUT2D eigenvalue weighted by atomic mass is 9.70. The van der Waals surface area contributed by atoms with E-state index in [1.807, 2.05) is 0 Å². The van der Waals surface area contributed by atoms with Crippen LogP contribution >= 0.6 is 0 Å². The highest BCUT2D eigenvalue weighted by molar-refractivity contribution is 6.09. The largest absolute Gasteiger partial charge is 0.0651 e. The van der Waals surface area contributed by atoms with E-state index in [0.29, 0.717) is 5.41 Å². The van der Waals surface area contributed by atoms with Gasteiger partial charge in [0.25, 0.3) is 0 Å². The molecule has 0 bridgehead atoms. The van der Waals surface area contributed by atoms with Gasteiger partial charge in [-0.15, -0.1) is 0 Å². The minimum Gasteiger partial charge on any atom is -0.0651 e. The molecule has 29 heavy (non-hydrogen) atoms. The molecule has 3 aromatic rings. The molecule has 0 aliphatic heterocycles. The van der Waals surface area contributed by atoms with Crippen LogP contribution in [-0.4, -0.2) is 0 Å². The van der Waals surface area contributed by atoms with E-state index in [-0.39, 0.29) is 0 Å². The minimum atomic E-state index is 0.320. The molecule has 0 nitrogen and oxygen atoms in total. The Kier molecular flexibility index (Phi) is 5.49. The molecule has 1 aliphatic rings. The predicted molar refractivity (Wildman–Crippen MR) is 129 cm³/mol. The molecule has 0 radical (unpaired) electrons. The first-order valence-corrected chi connectivity index (χ1v) is 11.8. The molecule has 0 saturated carbocycles. The Labute approximate surface area is 177 Å². The van der Waals surface area contributed by atoms with Crippen molar-refractivity contribution in [3.8, 4) is 0 Å². The van der Waals surface area contributed by atoms with E-state index in [1.165, 1.54) is 59.2 Å². The van der Waals surface area contributed by atoms with E-state index in [1.54, 1.807) is 11.1 Å². The minimum absolute atomic E-state index is 0.320. The summed E-state index contributed by atoms with van der Waals surface area (Å²) in [6, 6.07) is 16.4. The quantitative estimate of drug-likeness (QED) is 0.372. The van der Waals surface area contributed by atoms with Crippen LogP contribution in [0.5, 0.6) is 0 Å². The van der Waals surface area contributed by atoms with Gasteiger partial charge in [-0.25, -0.2) is 0 Å². The fourth-order valence-electron chi connectivity index (χ4n) is 6.02. The van der Waals surface area contributed by atoms with Crippen LogP contribution in [0, 0.1) is 24.7 Å². The highest BCUT2D eigenvalue weighted by Gasteiger charge is 2.39. The van der Waals surface area contributed by atoms with Crippen LogP contribution in [0.3, 0.4) is 0 Å². The monoisotopic (exact) mass is 386 g/mol. The molecule has 154 valence electrons. The van der Waals surface area contributed by atoms with Crippen LogP contribution < -0.4 is 0 Å². The van der Waals surface area contributed by atoms with Crippen molar-refractivity contribution in [3.05, 3.63) is 59.2 Å². The Balaban J connectivity index is 1.70. The Morgan fingerprint density at radius 2 is 1.55 bits per heavy atom. The predicted octanol–water partition coefficient (Wildman–Crippen LogP) is 8.60. The SMILES string of the molecule is CCC(CCC(C)[C@]1(C)CCc2c1ccc1c2ccc2c(C)cccc21)C(C)C. The van der Waals surface area contributed by atoms with Gasteiger partial charge in [-0.05, 0) is 94.0 Å². The van der Waals surface area contributed by atoms with E-state index in [9.17, 15) is 0 Å². The van der Waals surface area contributed by atoms with Crippen LogP contribution in [0.4, 0.5) is 0 Å². The first-order chi connectivity index (χ1) is 13.9. The molecule has 0 heteroatoms. The third-order valence-electron chi connectivity index (χ3n) is 8.42. The zero-order chi connectivity index (χ0) is 20.8. The molecule has 3 atom stereocenters. The summed E-state index contributed by atoms with van der Waals surface area (Å²) in [4.78, 5) is 0. The van der Waals surface area contributed by atoms with Crippen LogP contribution in [0.2, 0.25) is 0 Å². The number of benzene rings is 3. The van der Waals surface area contributed by atoms with Gasteiger partial charge in [-0.2, -0.15) is 0 Å². The number of hydrogen-bond donors (Lipinski definition) is 0. The summed E-state index contributed by atoms with van der Waals surface area (Å²) in [7, 11) is 0. The number of fused-ring (bicyclic) bond motifs is 5. The Bertz CT molecular complexity index is 1030. The first-order valence-electron chi connectivity index (χ1n) is 11.8. The van der Waals surface area contributed by atoms with Gasteiger partial charge < -0.3 is 0 Å². The summed E-state index contributed by atoms with van der Waals surface area (Å²) in [5.41, 5.74) is 4.94. The Morgan fingerprint density at radius 1 is 0.862 bits per heavy atom. The zero-order valence-corrected chi connectivity index (χ0v) is 19.3. The van der Waals surface area contributed by atoms with Crippen LogP contribution in [0.25, 0.3) is 21.5 Å². The lowest BCUT2D eigenvalue weighted by molar-refractivity contribution is 0.249. The lowest BCUT2D eigenvalue weighted by Gasteiger charge is -2.34. The first kappa shape index (κ1) is 20.5. The zero-order valence-electron chi connectivity index (χ0n) is 19.3. The van der Waals surface area contributed by atoms with E-state index in [0.717, 1.165) is 17.8 Å². The van der Waals surface area contributed by atoms with Crippen LogP contribution in [-0.2, 0) is 11.8 Å². The topological polar surface area (TPSA) is 0 Å². The van der Waals surface area contributed by atoms with Crippen molar-refractivity contribution in [3.63, 3.8) is 0 Å². The molecule has 1 aliphatic carbocycles. The summed E-state index contributed by atoms with van der Waals surface area (Å²) < 4.78 is 0. The summed E-state index contributed by atoms with van der Waals surface area (Å²) in [6.07, 6.45) is 6.56. The molecule has 0 aromatic heterocycles. The standard InChI is InChI=1S/C29H38/c1-7-22(19(2)3)12-11-21(5)29(6)18-17-27-26-14-13-23-20(4)9-8-10-24(23)25(26)15-16-28(27)29/h8-10,13-16,19,21-22H,7,11-12,17-18H2,1-6H3/t21?,22?,29-/m0/s1. The second-order valence-corrected chi connectivity index (χ2v) is 10.2. The van der Waals surface area contributed by atoms with Gasteiger partial charge in [-0.3, -0.25) is 0 Å². The number of hydrogen-bond acceptors (Lipinski definition) is 0. The summed E-state index contributed by atoms with van der Waals surface area (Å²) in [6.45, 7) is 14.4. The van der Waals surface area contributed by atoms with Crippen molar-refractivity contribution >= 4 is 21.5 Å². The summed E-state index contributed by atoms with van der Waals surface area (Å²) >= 11 is 0. The molecule has 0 N–H and O–H groups in total. The van der Waals surface area contributed by atoms with Crippen molar-refractivity contribution in [1.82, 2.24) is 0 Å². The molecular weight excluding hydrogens is 348 g/mol. The van der Waals surface area contributed by atoms with Gasteiger partial charge in [-0.1, -0.05) is 83.5 Å². The fourth-order valence-corrected chi connectivity index (χ4v) is 6.02. The molecule has 0 spiro atoms. The van der Waals surface area contributed by atoms with Gasteiger partial charge in [0.1, 0.15) is 0 Å². The Morgan fingerprint density at radius 3 is 2.28 bits per heavy atom. The van der Waals surface area contributed by atoms with Gasteiger partial charge in [0, 0.05) is 0 Å². The highest BCUT2D eigenvalue weighted by Crippen LogP contribution is 2.48. The van der Waals surface area contributed by atoms with Crippen molar-refractivity contribution in [2.75, 3.05) is 0 Å². The number of aryl methyl sites for hydroxylation is 2. The smallest absolute Gasteiger partial charge is 0.00435 e. The molecule has 0 amide bonds. The van der Waals surface area contributed by atoms with Gasteiger partial charge in [0.2, 0.25) is 0 Å². The van der Waals surface area contributed by atoms with Crippen molar-refractivity contribution in [1.29, 1.82) is 0 Å². The average Bonchev–Trinajstić information content (AvgIpc) is 3.06. The molecule has 0 saturated heterocycles. The highest BCUT2D eigenvalue weighted by atomic mass is 14.4. The van der Waals surface area contributed by atoms with Crippen LogP contribution in [0.15, 0.2) is 42.5 Å².